The molecule has 1 aliphatic heterocycles. The Labute approximate surface area is 185 Å². The van der Waals surface area contributed by atoms with E-state index in [0.29, 0.717) is 18.7 Å². The zero-order valence-electron chi connectivity index (χ0n) is 17.1. The van der Waals surface area contributed by atoms with E-state index in [9.17, 15) is 13.2 Å². The molecule has 0 saturated carbocycles. The van der Waals surface area contributed by atoms with Crippen molar-refractivity contribution in [2.75, 3.05) is 6.54 Å². The van der Waals surface area contributed by atoms with Gasteiger partial charge in [-0.3, -0.25) is 9.10 Å². The van der Waals surface area contributed by atoms with Crippen molar-refractivity contribution in [1.29, 1.82) is 0 Å². The van der Waals surface area contributed by atoms with Gasteiger partial charge in [-0.25, -0.2) is 8.42 Å². The van der Waals surface area contributed by atoms with Gasteiger partial charge >= 0.3 is 0 Å². The Balaban J connectivity index is 0.000000437. The number of allylic oxidation sites excluding steroid dienone is 7. The van der Waals surface area contributed by atoms with Crippen molar-refractivity contribution in [3.8, 4) is 0 Å². The van der Waals surface area contributed by atoms with Crippen LogP contribution in [0.3, 0.4) is 0 Å². The smallest absolute Gasteiger partial charge is 0.264 e. The van der Waals surface area contributed by atoms with Gasteiger partial charge < -0.3 is 0 Å². The summed E-state index contributed by atoms with van der Waals surface area (Å²) in [7, 11) is -5.40. The minimum absolute atomic E-state index is 0. The SMILES string of the molecule is Cc1ccc(S(=O)(=O)N2CCC3=C([Si](C)(C)C)C(=O)C=C32)cc1.[CH]1C=CC=C1.[Co]. The standard InChI is InChI=1S/C17H21NO3SSi.C5H5.Co/c1-12-5-7-13(8-6-12)22(20,21)18-10-9-14-15(18)11-16(19)17(14)23(2,3)4;1-2-4-5-3-1;/h5-8,11H,9-10H2,1-4H3;1-5H;. The summed E-state index contributed by atoms with van der Waals surface area (Å²) in [5, 5.41) is 0.883. The largest absolute Gasteiger partial charge is 0.290 e. The fourth-order valence-corrected chi connectivity index (χ4v) is 7.06. The predicted octanol–water partition coefficient (Wildman–Crippen LogP) is 4.34. The van der Waals surface area contributed by atoms with Crippen LogP contribution in [0.15, 0.2) is 76.0 Å². The van der Waals surface area contributed by atoms with Crippen molar-refractivity contribution >= 4 is 23.9 Å². The number of fused-ring (bicyclic) bond motifs is 1. The maximum Gasteiger partial charge on any atom is 0.264 e. The fourth-order valence-electron chi connectivity index (χ4n) is 3.60. The molecule has 0 unspecified atom stereocenters. The molecule has 0 aromatic heterocycles. The molecule has 0 atom stereocenters. The summed E-state index contributed by atoms with van der Waals surface area (Å²) >= 11 is 0. The Kier molecular flexibility index (Phi) is 7.32. The van der Waals surface area contributed by atoms with Crippen molar-refractivity contribution in [2.24, 2.45) is 0 Å². The van der Waals surface area contributed by atoms with Crippen LogP contribution in [0.1, 0.15) is 12.0 Å². The Morgan fingerprint density at radius 3 is 2.03 bits per heavy atom. The number of hydrogen-bond acceptors (Lipinski definition) is 3. The van der Waals surface area contributed by atoms with Gasteiger partial charge in [0.2, 0.25) is 0 Å². The molecular weight excluding hydrogens is 445 g/mol. The summed E-state index contributed by atoms with van der Waals surface area (Å²) in [6, 6.07) is 6.84. The summed E-state index contributed by atoms with van der Waals surface area (Å²) in [6.07, 6.45) is 12.1. The number of hydrogen-bond donors (Lipinski definition) is 0. The molecule has 29 heavy (non-hydrogen) atoms. The molecule has 0 bridgehead atoms. The number of carbonyl (C=O) groups excluding carboxylic acids is 1. The van der Waals surface area contributed by atoms with E-state index in [2.05, 4.69) is 19.6 Å². The van der Waals surface area contributed by atoms with Crippen molar-refractivity contribution in [1.82, 2.24) is 4.31 Å². The van der Waals surface area contributed by atoms with Gasteiger partial charge in [-0.15, -0.1) is 0 Å². The quantitative estimate of drug-likeness (QED) is 0.616. The van der Waals surface area contributed by atoms with Gasteiger partial charge in [0, 0.05) is 35.8 Å². The third kappa shape index (κ3) is 4.91. The van der Waals surface area contributed by atoms with Crippen LogP contribution in [0.5, 0.6) is 0 Å². The molecule has 1 saturated heterocycles. The van der Waals surface area contributed by atoms with Crippen LogP contribution in [0, 0.1) is 13.3 Å². The first-order valence-electron chi connectivity index (χ1n) is 9.38. The van der Waals surface area contributed by atoms with E-state index in [4.69, 9.17) is 0 Å². The molecule has 1 heterocycles. The first-order chi connectivity index (χ1) is 13.1. The number of sulfonamides is 1. The van der Waals surface area contributed by atoms with Gasteiger partial charge in [0.1, 0.15) is 0 Å². The van der Waals surface area contributed by atoms with E-state index in [1.165, 1.54) is 10.4 Å². The van der Waals surface area contributed by atoms with Gasteiger partial charge in [-0.2, -0.15) is 0 Å². The molecular formula is C22H26CoNO3SSi. The third-order valence-corrected chi connectivity index (χ3v) is 8.75. The normalized spacial score (nSPS) is 17.7. The van der Waals surface area contributed by atoms with Crippen LogP contribution in [0.4, 0.5) is 0 Å². The van der Waals surface area contributed by atoms with Crippen LogP contribution < -0.4 is 0 Å². The second-order valence-electron chi connectivity index (χ2n) is 8.10. The fraction of sp³-hybridized carbons (Fsp3) is 0.273. The molecule has 0 N–H and O–H groups in total. The van der Waals surface area contributed by atoms with Gasteiger partial charge in [0.15, 0.2) is 5.78 Å². The summed E-state index contributed by atoms with van der Waals surface area (Å²) in [4.78, 5) is 12.6. The summed E-state index contributed by atoms with van der Waals surface area (Å²) < 4.78 is 27.2. The zero-order chi connectivity index (χ0) is 20.5. The molecule has 1 fully saturated rings. The summed E-state index contributed by atoms with van der Waals surface area (Å²) in [5.41, 5.74) is 2.56. The Morgan fingerprint density at radius 1 is 0.966 bits per heavy atom. The molecule has 2 aliphatic carbocycles. The monoisotopic (exact) mass is 471 g/mol. The average molecular weight is 472 g/mol. The molecule has 2 radical (unpaired) electrons. The minimum Gasteiger partial charge on any atom is -0.290 e. The van der Waals surface area contributed by atoms with Crippen molar-refractivity contribution in [2.45, 2.75) is 37.9 Å². The summed E-state index contributed by atoms with van der Waals surface area (Å²) in [6.45, 7) is 8.72. The van der Waals surface area contributed by atoms with Crippen LogP contribution in [0.25, 0.3) is 0 Å². The van der Waals surface area contributed by atoms with Crippen molar-refractivity contribution in [3.05, 3.63) is 83.1 Å². The second-order valence-corrected chi connectivity index (χ2v) is 15.0. The molecule has 0 spiro atoms. The number of rotatable bonds is 3. The average Bonchev–Trinajstić information content (AvgIpc) is 3.32. The molecule has 4 nitrogen and oxygen atoms in total. The van der Waals surface area contributed by atoms with E-state index >= 15 is 0 Å². The maximum absolute atomic E-state index is 12.9. The maximum atomic E-state index is 12.9. The van der Waals surface area contributed by atoms with Gasteiger partial charge in [0.25, 0.3) is 10.0 Å². The van der Waals surface area contributed by atoms with Crippen molar-refractivity contribution < 1.29 is 30.0 Å². The molecule has 3 aliphatic rings. The zero-order valence-corrected chi connectivity index (χ0v) is 20.0. The second kappa shape index (κ2) is 8.99. The molecule has 1 aromatic carbocycles. The van der Waals surface area contributed by atoms with E-state index in [1.807, 2.05) is 37.6 Å². The topological polar surface area (TPSA) is 54.5 Å². The number of ketones is 1. The van der Waals surface area contributed by atoms with Crippen LogP contribution in [0.2, 0.25) is 19.6 Å². The van der Waals surface area contributed by atoms with Crippen LogP contribution in [-0.2, 0) is 31.6 Å². The van der Waals surface area contributed by atoms with Gasteiger partial charge in [-0.1, -0.05) is 61.6 Å². The molecule has 4 rings (SSSR count). The number of carbonyl (C=O) groups is 1. The number of nitrogens with zero attached hydrogens (tertiary/aromatic N) is 1. The van der Waals surface area contributed by atoms with Crippen molar-refractivity contribution in [3.63, 3.8) is 0 Å². The number of aryl methyl sites for hydroxylation is 1. The molecule has 7 heteroatoms. The molecule has 0 amide bonds. The Bertz CT molecular complexity index is 1000. The number of benzene rings is 1. The summed E-state index contributed by atoms with van der Waals surface area (Å²) in [5.74, 6) is -0.00188. The molecule has 156 valence electrons. The van der Waals surface area contributed by atoms with E-state index in [-0.39, 0.29) is 27.5 Å². The first-order valence-corrected chi connectivity index (χ1v) is 14.3. The predicted molar refractivity (Wildman–Crippen MR) is 116 cm³/mol. The van der Waals surface area contributed by atoms with E-state index < -0.39 is 18.1 Å². The van der Waals surface area contributed by atoms with E-state index in [1.54, 1.807) is 24.3 Å². The third-order valence-electron chi connectivity index (χ3n) is 4.87. The Hall–Kier alpha value is -1.68. The van der Waals surface area contributed by atoms with E-state index in [0.717, 1.165) is 16.3 Å². The first kappa shape index (κ1) is 23.6. The Morgan fingerprint density at radius 2 is 1.55 bits per heavy atom. The van der Waals surface area contributed by atoms with Gasteiger partial charge in [-0.05, 0) is 36.2 Å². The molecule has 1 aromatic rings. The van der Waals surface area contributed by atoms with Gasteiger partial charge in [0.05, 0.1) is 18.7 Å². The minimum atomic E-state index is -3.61. The van der Waals surface area contributed by atoms with Crippen LogP contribution in [-0.4, -0.2) is 33.1 Å². The van der Waals surface area contributed by atoms with Crippen LogP contribution >= 0.6 is 0 Å².